The number of amides is 2. The van der Waals surface area contributed by atoms with E-state index in [1.807, 2.05) is 5.38 Å². The number of nitrogens with one attached hydrogen (secondary N) is 2. The molecule has 0 bridgehead atoms. The van der Waals surface area contributed by atoms with E-state index >= 15 is 0 Å². The lowest BCUT2D eigenvalue weighted by Gasteiger charge is -2.29. The molecule has 0 aliphatic heterocycles. The van der Waals surface area contributed by atoms with Crippen molar-refractivity contribution in [1.82, 2.24) is 10.2 Å². The van der Waals surface area contributed by atoms with Crippen LogP contribution in [0.5, 0.6) is 0 Å². The van der Waals surface area contributed by atoms with Crippen LogP contribution < -0.4 is 10.6 Å². The van der Waals surface area contributed by atoms with Gasteiger partial charge in [-0.1, -0.05) is 26.8 Å². The minimum atomic E-state index is -3.31. The summed E-state index contributed by atoms with van der Waals surface area (Å²) < 4.78 is 24.0. The molecule has 2 rings (SSSR count). The largest absolute Gasteiger partial charge is 0.336 e. The van der Waals surface area contributed by atoms with E-state index in [1.54, 1.807) is 30.4 Å². The van der Waals surface area contributed by atoms with E-state index in [0.717, 1.165) is 13.1 Å². The molecular weight excluding hydrogens is 382 g/mol. The minimum Gasteiger partial charge on any atom is -0.336 e. The van der Waals surface area contributed by atoms with Gasteiger partial charge in [-0.15, -0.1) is 0 Å². The Balaban J connectivity index is 2.03. The molecule has 1 atom stereocenters. The highest BCUT2D eigenvalue weighted by Gasteiger charge is 2.19. The molecule has 2 amide bonds. The van der Waals surface area contributed by atoms with Crippen LogP contribution in [0.2, 0.25) is 0 Å². The molecule has 0 aliphatic carbocycles. The summed E-state index contributed by atoms with van der Waals surface area (Å²) in [5, 5.41) is 9.76. The number of sulfone groups is 1. The number of carbonyl (C=O) groups excluding carboxylic acids is 1. The fourth-order valence-electron chi connectivity index (χ4n) is 2.89. The van der Waals surface area contributed by atoms with Crippen molar-refractivity contribution in [2.75, 3.05) is 30.7 Å². The second-order valence-corrected chi connectivity index (χ2v) is 9.12. The molecule has 1 unspecified atom stereocenters. The van der Waals surface area contributed by atoms with Crippen molar-refractivity contribution in [1.29, 1.82) is 0 Å². The summed E-state index contributed by atoms with van der Waals surface area (Å²) in [6, 6.07) is 8.15. The summed E-state index contributed by atoms with van der Waals surface area (Å²) in [5.74, 6) is 0.0227. The fraction of sp³-hybridized carbons (Fsp3) is 0.421. The van der Waals surface area contributed by atoms with Gasteiger partial charge < -0.3 is 10.6 Å². The van der Waals surface area contributed by atoms with Crippen LogP contribution >= 0.6 is 11.3 Å². The molecule has 0 radical (unpaired) electrons. The summed E-state index contributed by atoms with van der Waals surface area (Å²) in [6.45, 7) is 8.04. The number of anilines is 1. The molecule has 2 N–H and O–H groups in total. The van der Waals surface area contributed by atoms with Gasteiger partial charge >= 0.3 is 6.03 Å². The van der Waals surface area contributed by atoms with Crippen LogP contribution in [0.1, 0.15) is 32.4 Å². The highest BCUT2D eigenvalue weighted by atomic mass is 32.2. The standard InChI is InChI=1S/C19H27N3O3S2/c1-4-22(5-2)18(15-10-11-26-14-15)13-20-19(23)21-16-8-7-9-17(12-16)27(24,25)6-3/h7-12,14,18H,4-6,13H2,1-3H3,(H2,20,21,23). The summed E-state index contributed by atoms with van der Waals surface area (Å²) in [5.41, 5.74) is 1.64. The SMILES string of the molecule is CCN(CC)C(CNC(=O)Nc1cccc(S(=O)(=O)CC)c1)c1ccsc1. The van der Waals surface area contributed by atoms with E-state index in [9.17, 15) is 13.2 Å². The minimum absolute atomic E-state index is 0.0227. The van der Waals surface area contributed by atoms with E-state index in [0.29, 0.717) is 12.2 Å². The van der Waals surface area contributed by atoms with E-state index in [-0.39, 0.29) is 22.7 Å². The third kappa shape index (κ3) is 5.79. The van der Waals surface area contributed by atoms with E-state index in [2.05, 4.69) is 40.8 Å². The average Bonchev–Trinajstić information content (AvgIpc) is 3.19. The second-order valence-electron chi connectivity index (χ2n) is 6.06. The molecule has 2 aromatic rings. The Bertz CT molecular complexity index is 832. The van der Waals surface area contributed by atoms with Crippen LogP contribution in [0.3, 0.4) is 0 Å². The van der Waals surface area contributed by atoms with Gasteiger partial charge in [0, 0.05) is 12.2 Å². The van der Waals surface area contributed by atoms with Crippen LogP contribution in [-0.4, -0.2) is 44.7 Å². The molecule has 0 saturated carbocycles. The summed E-state index contributed by atoms with van der Waals surface area (Å²) >= 11 is 1.64. The van der Waals surface area contributed by atoms with Crippen LogP contribution in [-0.2, 0) is 9.84 Å². The van der Waals surface area contributed by atoms with Gasteiger partial charge in [-0.05, 0) is 53.7 Å². The molecule has 0 aliphatic rings. The number of nitrogens with zero attached hydrogens (tertiary/aromatic N) is 1. The van der Waals surface area contributed by atoms with Gasteiger partial charge in [0.15, 0.2) is 9.84 Å². The number of likely N-dealkylation sites (N-methyl/N-ethyl adjacent to an activating group) is 1. The summed E-state index contributed by atoms with van der Waals surface area (Å²) in [6.07, 6.45) is 0. The molecule has 1 heterocycles. The van der Waals surface area contributed by atoms with Gasteiger partial charge in [0.1, 0.15) is 0 Å². The molecule has 8 heteroatoms. The van der Waals surface area contributed by atoms with Crippen molar-refractivity contribution in [2.24, 2.45) is 0 Å². The predicted molar refractivity (Wildman–Crippen MR) is 111 cm³/mol. The Morgan fingerprint density at radius 3 is 2.52 bits per heavy atom. The Labute approximate surface area is 165 Å². The van der Waals surface area contributed by atoms with E-state index in [1.165, 1.54) is 17.7 Å². The third-order valence-electron chi connectivity index (χ3n) is 4.47. The van der Waals surface area contributed by atoms with Crippen molar-refractivity contribution in [2.45, 2.75) is 31.7 Å². The summed E-state index contributed by atoms with van der Waals surface area (Å²) in [4.78, 5) is 14.8. The maximum atomic E-state index is 12.3. The zero-order valence-corrected chi connectivity index (χ0v) is 17.6. The number of rotatable bonds is 9. The maximum absolute atomic E-state index is 12.3. The molecule has 6 nitrogen and oxygen atoms in total. The molecule has 1 aromatic heterocycles. The van der Waals surface area contributed by atoms with Crippen LogP contribution in [0, 0.1) is 0 Å². The first kappa shape index (κ1) is 21.4. The van der Waals surface area contributed by atoms with Crippen molar-refractivity contribution < 1.29 is 13.2 Å². The monoisotopic (exact) mass is 409 g/mol. The number of urea groups is 1. The lowest BCUT2D eigenvalue weighted by Crippen LogP contribution is -2.39. The van der Waals surface area contributed by atoms with Gasteiger partial charge in [-0.2, -0.15) is 11.3 Å². The highest BCUT2D eigenvalue weighted by molar-refractivity contribution is 7.91. The van der Waals surface area contributed by atoms with Crippen molar-refractivity contribution in [3.63, 3.8) is 0 Å². The van der Waals surface area contributed by atoms with E-state index in [4.69, 9.17) is 0 Å². The number of carbonyl (C=O) groups is 1. The molecule has 0 saturated heterocycles. The molecule has 0 spiro atoms. The van der Waals surface area contributed by atoms with Crippen LogP contribution in [0.15, 0.2) is 46.0 Å². The van der Waals surface area contributed by atoms with Gasteiger partial charge in [0.25, 0.3) is 0 Å². The first-order chi connectivity index (χ1) is 12.9. The van der Waals surface area contributed by atoms with Gasteiger partial charge in [0.05, 0.1) is 16.7 Å². The normalized spacial score (nSPS) is 12.7. The van der Waals surface area contributed by atoms with Gasteiger partial charge in [-0.3, -0.25) is 4.90 Å². The Kier molecular flexibility index (Phi) is 7.82. The first-order valence-electron chi connectivity index (χ1n) is 9.05. The lowest BCUT2D eigenvalue weighted by molar-refractivity contribution is 0.210. The summed E-state index contributed by atoms with van der Waals surface area (Å²) in [7, 11) is -3.31. The molecule has 27 heavy (non-hydrogen) atoms. The molecular formula is C19H27N3O3S2. The van der Waals surface area contributed by atoms with Gasteiger partial charge in [0.2, 0.25) is 0 Å². The average molecular weight is 410 g/mol. The zero-order valence-electron chi connectivity index (χ0n) is 15.9. The molecule has 1 aromatic carbocycles. The number of hydrogen-bond acceptors (Lipinski definition) is 5. The Hall–Kier alpha value is -1.90. The number of thiophene rings is 1. The smallest absolute Gasteiger partial charge is 0.319 e. The van der Waals surface area contributed by atoms with Crippen molar-refractivity contribution in [3.8, 4) is 0 Å². The maximum Gasteiger partial charge on any atom is 0.319 e. The quantitative estimate of drug-likeness (QED) is 0.661. The zero-order chi connectivity index (χ0) is 19.9. The van der Waals surface area contributed by atoms with E-state index < -0.39 is 9.84 Å². The fourth-order valence-corrected chi connectivity index (χ4v) is 4.52. The van der Waals surface area contributed by atoms with Crippen LogP contribution in [0.4, 0.5) is 10.5 Å². The Morgan fingerprint density at radius 1 is 1.19 bits per heavy atom. The molecule has 148 valence electrons. The van der Waals surface area contributed by atoms with Crippen molar-refractivity contribution in [3.05, 3.63) is 46.7 Å². The third-order valence-corrected chi connectivity index (χ3v) is 6.90. The van der Waals surface area contributed by atoms with Crippen molar-refractivity contribution >= 4 is 32.9 Å². The highest BCUT2D eigenvalue weighted by Crippen LogP contribution is 2.22. The lowest BCUT2D eigenvalue weighted by atomic mass is 10.1. The predicted octanol–water partition coefficient (Wildman–Crippen LogP) is 3.75. The Morgan fingerprint density at radius 2 is 1.93 bits per heavy atom. The number of benzene rings is 1. The second kappa shape index (κ2) is 9.87. The van der Waals surface area contributed by atoms with Gasteiger partial charge in [-0.25, -0.2) is 13.2 Å². The molecule has 0 fully saturated rings. The first-order valence-corrected chi connectivity index (χ1v) is 11.6. The number of hydrogen-bond donors (Lipinski definition) is 2. The van der Waals surface area contributed by atoms with Crippen LogP contribution in [0.25, 0.3) is 0 Å². The topological polar surface area (TPSA) is 78.5 Å².